The van der Waals surface area contributed by atoms with E-state index >= 15 is 0 Å². The highest BCUT2D eigenvalue weighted by molar-refractivity contribution is 6.38. The van der Waals surface area contributed by atoms with Crippen molar-refractivity contribution in [3.63, 3.8) is 0 Å². The Morgan fingerprint density at radius 2 is 0.923 bits per heavy atom. The topological polar surface area (TPSA) is 258 Å². The summed E-state index contributed by atoms with van der Waals surface area (Å²) in [6.07, 6.45) is 3.36. The number of nitrogens with one attached hydrogen (secondary N) is 3. The van der Waals surface area contributed by atoms with Crippen LogP contribution in [-0.2, 0) is 73.8 Å². The summed E-state index contributed by atoms with van der Waals surface area (Å²) in [7, 11) is 0. The molecular formula is C69H79Cl2N7O13. The molecule has 2 fully saturated rings. The molecule has 0 spiro atoms. The molecule has 2 saturated heterocycles. The highest BCUT2D eigenvalue weighted by Crippen LogP contribution is 2.32. The van der Waals surface area contributed by atoms with E-state index in [1.165, 1.54) is 23.6 Å². The van der Waals surface area contributed by atoms with E-state index in [1.807, 2.05) is 60.7 Å². The third-order valence-electron chi connectivity index (χ3n) is 17.1. The van der Waals surface area contributed by atoms with Crippen molar-refractivity contribution < 1.29 is 62.5 Å². The number of rotatable bonds is 23. The zero-order chi connectivity index (χ0) is 65.1. The summed E-state index contributed by atoms with van der Waals surface area (Å²) in [5.74, 6) is -4.15. The van der Waals surface area contributed by atoms with E-state index < -0.39 is 47.9 Å². The van der Waals surface area contributed by atoms with Crippen molar-refractivity contribution in [2.45, 2.75) is 147 Å². The highest BCUT2D eigenvalue weighted by Gasteiger charge is 2.39. The molecule has 5 aromatic rings. The van der Waals surface area contributed by atoms with E-state index in [0.29, 0.717) is 97.4 Å². The molecule has 0 saturated carbocycles. The normalized spacial score (nSPS) is 17.5. The average Bonchev–Trinajstić information content (AvgIpc) is 0.976. The molecule has 4 N–H and O–H groups in total. The van der Waals surface area contributed by atoms with Gasteiger partial charge in [0.25, 0.3) is 0 Å². The van der Waals surface area contributed by atoms with Gasteiger partial charge in [-0.2, -0.15) is 0 Å². The summed E-state index contributed by atoms with van der Waals surface area (Å²) >= 11 is 12.7. The molecule has 91 heavy (non-hydrogen) atoms. The SMILES string of the molecule is CC(=O)OC1CCN(CCC(NC(=O)[C@@H]2Cc3ccccc3CN2C(=O)CCC(=O)c2ccccc2)C(=O)Nc2ccc(Cl)c(C)c2Cl)CC1.CC(=O)OC1CCN(CCC(NC(=O)[C@@H]2Cc3ccccc3CN2C(=O)CCC(=O)c2ccccc2)C(=O)O)CC1. The number of nitrogens with zero attached hydrogens (tertiary/aromatic N) is 4. The van der Waals surface area contributed by atoms with Crippen molar-refractivity contribution >= 4 is 87.9 Å². The number of carboxylic acids is 1. The van der Waals surface area contributed by atoms with E-state index in [0.717, 1.165) is 22.3 Å². The minimum absolute atomic E-state index is 0.00970. The summed E-state index contributed by atoms with van der Waals surface area (Å²) in [5.41, 5.74) is 5.76. The number of anilines is 1. The fourth-order valence-electron chi connectivity index (χ4n) is 11.9. The lowest BCUT2D eigenvalue weighted by molar-refractivity contribution is -0.149. The van der Waals surface area contributed by atoms with Crippen molar-refractivity contribution in [3.8, 4) is 0 Å². The van der Waals surface area contributed by atoms with Gasteiger partial charge in [-0.15, -0.1) is 0 Å². The van der Waals surface area contributed by atoms with Gasteiger partial charge in [0.15, 0.2) is 11.6 Å². The monoisotopic (exact) mass is 1280 g/mol. The number of aliphatic carboxylic acids is 1. The Balaban J connectivity index is 0.000000239. The summed E-state index contributed by atoms with van der Waals surface area (Å²) < 4.78 is 10.6. The molecule has 4 heterocycles. The smallest absolute Gasteiger partial charge is 0.326 e. The standard InChI is InChI=1S/C38H42Cl2N4O6.C31H37N3O7/c1-24-30(39)12-13-31(36(24)40)41-37(48)32(18-21-43-19-16-29(17-20-43)50-25(2)45)42-38(49)33-22-27-10-6-7-11-28(27)23-44(33)35(47)15-14-34(46)26-8-4-3-5-9-26;1-21(35)41-25-13-16-33(17-14-25)18-15-26(31(39)40)32-30(38)27-19-23-9-5-6-10-24(23)20-34(27)29(37)12-11-28(36)22-7-3-2-4-8-22/h3-13,29,32-33H,14-23H2,1-2H3,(H,41,48)(H,42,49);2-10,25-27H,11-20H2,1H3,(H,32,38)(H,39,40)/t32?,33-;26?,27-/m00/s1. The molecule has 0 aromatic heterocycles. The molecule has 5 aromatic carbocycles. The number of carboxylic acid groups (broad SMARTS) is 1. The molecule has 4 aliphatic heterocycles. The molecule has 9 rings (SSSR count). The second-order valence-corrected chi connectivity index (χ2v) is 24.2. The van der Waals surface area contributed by atoms with Crippen LogP contribution in [0.25, 0.3) is 0 Å². The summed E-state index contributed by atoms with van der Waals surface area (Å²) in [5, 5.41) is 19.1. The molecule has 2 unspecified atom stereocenters. The molecule has 0 aliphatic carbocycles. The first-order valence-electron chi connectivity index (χ1n) is 31.0. The number of amides is 5. The first kappa shape index (κ1) is 68.6. The van der Waals surface area contributed by atoms with Gasteiger partial charge in [-0.3, -0.25) is 43.2 Å². The number of halogens is 2. The number of ether oxygens (including phenoxy) is 2. The van der Waals surface area contributed by atoms with Gasteiger partial charge in [-0.25, -0.2) is 4.79 Å². The number of esters is 2. The molecular weight excluding hydrogens is 1210 g/mol. The van der Waals surface area contributed by atoms with Gasteiger partial charge < -0.3 is 50.1 Å². The zero-order valence-corrected chi connectivity index (χ0v) is 53.1. The average molecular weight is 1290 g/mol. The molecule has 0 radical (unpaired) electrons. The molecule has 4 atom stereocenters. The van der Waals surface area contributed by atoms with Crippen LogP contribution in [0.3, 0.4) is 0 Å². The van der Waals surface area contributed by atoms with Crippen LogP contribution in [0.15, 0.2) is 121 Å². The van der Waals surface area contributed by atoms with Crippen LogP contribution in [0.1, 0.15) is 127 Å². The number of hydrogen-bond acceptors (Lipinski definition) is 14. The third kappa shape index (κ3) is 19.6. The van der Waals surface area contributed by atoms with E-state index in [-0.39, 0.29) is 112 Å². The van der Waals surface area contributed by atoms with E-state index in [1.54, 1.807) is 67.6 Å². The number of carbonyl (C=O) groups is 10. The number of fused-ring (bicyclic) bond motifs is 2. The Morgan fingerprint density at radius 1 is 0.527 bits per heavy atom. The number of likely N-dealkylation sites (tertiary alicyclic amines) is 2. The Morgan fingerprint density at radius 3 is 1.34 bits per heavy atom. The molecule has 5 amide bonds. The van der Waals surface area contributed by atoms with E-state index in [9.17, 15) is 53.1 Å². The lowest BCUT2D eigenvalue weighted by Gasteiger charge is -2.37. The molecule has 20 nitrogen and oxygen atoms in total. The first-order chi connectivity index (χ1) is 43.7. The molecule has 482 valence electrons. The summed E-state index contributed by atoms with van der Waals surface area (Å²) in [6.45, 7) is 8.59. The highest BCUT2D eigenvalue weighted by atomic mass is 35.5. The number of ketones is 2. The van der Waals surface area contributed by atoms with E-state index in [2.05, 4.69) is 25.8 Å². The zero-order valence-electron chi connectivity index (χ0n) is 51.5. The number of carbonyl (C=O) groups excluding carboxylic acids is 9. The number of Topliss-reactive ketones (excluding diaryl/α,β-unsaturated/α-hetero) is 2. The second-order valence-electron chi connectivity index (χ2n) is 23.5. The lowest BCUT2D eigenvalue weighted by Crippen LogP contribution is -2.56. The predicted molar refractivity (Wildman–Crippen MR) is 342 cm³/mol. The quantitative estimate of drug-likeness (QED) is 0.0354. The lowest BCUT2D eigenvalue weighted by atomic mass is 9.92. The van der Waals surface area contributed by atoms with Crippen molar-refractivity contribution in [1.82, 2.24) is 30.2 Å². The van der Waals surface area contributed by atoms with Crippen LogP contribution >= 0.6 is 23.2 Å². The Labute approximate surface area is 540 Å². The van der Waals surface area contributed by atoms with Crippen molar-refractivity contribution in [3.05, 3.63) is 170 Å². The largest absolute Gasteiger partial charge is 0.480 e. The molecule has 4 aliphatic rings. The summed E-state index contributed by atoms with van der Waals surface area (Å²) in [4.78, 5) is 136. The first-order valence-corrected chi connectivity index (χ1v) is 31.7. The molecule has 0 bridgehead atoms. The maximum Gasteiger partial charge on any atom is 0.326 e. The third-order valence-corrected chi connectivity index (χ3v) is 18.0. The predicted octanol–water partition coefficient (Wildman–Crippen LogP) is 8.35. The summed E-state index contributed by atoms with van der Waals surface area (Å²) in [6, 6.07) is 32.1. The van der Waals surface area contributed by atoms with Crippen LogP contribution in [0.2, 0.25) is 10.0 Å². The van der Waals surface area contributed by atoms with Crippen molar-refractivity contribution in [1.29, 1.82) is 0 Å². The van der Waals surface area contributed by atoms with Gasteiger partial charge in [-0.05, 0) is 85.4 Å². The Hall–Kier alpha value is -8.30. The van der Waals surface area contributed by atoms with Crippen LogP contribution in [0.4, 0.5) is 5.69 Å². The van der Waals surface area contributed by atoms with Crippen molar-refractivity contribution in [2.24, 2.45) is 0 Å². The molecule has 22 heteroatoms. The number of benzene rings is 5. The minimum atomic E-state index is -1.14. The number of piperidine rings is 2. The van der Waals surface area contributed by atoms with Crippen LogP contribution < -0.4 is 16.0 Å². The second kappa shape index (κ2) is 33.1. The number of hydrogen-bond donors (Lipinski definition) is 4. The van der Waals surface area contributed by atoms with Gasteiger partial charge in [-0.1, -0.05) is 132 Å². The van der Waals surface area contributed by atoms with Crippen LogP contribution in [0, 0.1) is 6.92 Å². The van der Waals surface area contributed by atoms with Crippen LogP contribution in [-0.4, -0.2) is 159 Å². The van der Waals surface area contributed by atoms with Crippen molar-refractivity contribution in [2.75, 3.05) is 44.6 Å². The van der Waals surface area contributed by atoms with Gasteiger partial charge in [0.2, 0.25) is 29.5 Å². The minimum Gasteiger partial charge on any atom is -0.480 e. The van der Waals surface area contributed by atoms with E-state index in [4.69, 9.17) is 32.7 Å². The fraction of sp³-hybridized carbons (Fsp3) is 0.420. The van der Waals surface area contributed by atoms with Crippen LogP contribution in [0.5, 0.6) is 0 Å². The van der Waals surface area contributed by atoms with Gasteiger partial charge >= 0.3 is 17.9 Å². The maximum absolute atomic E-state index is 14.2. The fourth-order valence-corrected chi connectivity index (χ4v) is 12.4. The van der Waals surface area contributed by atoms with Gasteiger partial charge in [0.1, 0.15) is 36.4 Å². The Bertz CT molecular complexity index is 3430. The van der Waals surface area contributed by atoms with Gasteiger partial charge in [0.05, 0.1) is 10.7 Å². The Kier molecular flexibility index (Phi) is 25.0. The van der Waals surface area contributed by atoms with Gasteiger partial charge in [0, 0.05) is 121 Å². The maximum atomic E-state index is 14.2.